The van der Waals surface area contributed by atoms with E-state index in [1.165, 1.54) is 0 Å². The maximum absolute atomic E-state index is 5.78. The Morgan fingerprint density at radius 2 is 2.06 bits per heavy atom. The highest BCUT2D eigenvalue weighted by Crippen LogP contribution is 2.22. The number of hydrogen-bond donors (Lipinski definition) is 1. The molecule has 96 valence electrons. The summed E-state index contributed by atoms with van der Waals surface area (Å²) in [7, 11) is 1.66. The van der Waals surface area contributed by atoms with Crippen LogP contribution in [0.25, 0.3) is 0 Å². The molecule has 1 atom stereocenters. The molecule has 2 N–H and O–H groups in total. The monoisotopic (exact) mass is 233 g/mol. The summed E-state index contributed by atoms with van der Waals surface area (Å²) in [6.07, 6.45) is 1.99. The predicted octanol–water partition coefficient (Wildman–Crippen LogP) is 0.174. The van der Waals surface area contributed by atoms with Gasteiger partial charge in [0.1, 0.15) is 5.60 Å². The van der Waals surface area contributed by atoms with Crippen molar-refractivity contribution in [3.63, 3.8) is 0 Å². The average molecular weight is 233 g/mol. The van der Waals surface area contributed by atoms with Gasteiger partial charge in [0.05, 0.1) is 33.0 Å². The Morgan fingerprint density at radius 1 is 1.25 bits per heavy atom. The molecule has 1 aliphatic heterocycles. The van der Waals surface area contributed by atoms with Gasteiger partial charge >= 0.3 is 0 Å². The smallest absolute Gasteiger partial charge is 0.104 e. The van der Waals surface area contributed by atoms with E-state index in [2.05, 4.69) is 0 Å². The van der Waals surface area contributed by atoms with Gasteiger partial charge in [0.25, 0.3) is 0 Å². The number of nitrogens with two attached hydrogens (primary N) is 1. The van der Waals surface area contributed by atoms with E-state index in [-0.39, 0.29) is 5.60 Å². The molecule has 16 heavy (non-hydrogen) atoms. The van der Waals surface area contributed by atoms with Crippen molar-refractivity contribution in [1.29, 1.82) is 0 Å². The van der Waals surface area contributed by atoms with Gasteiger partial charge in [0.2, 0.25) is 0 Å². The normalized spacial score (nSPS) is 25.9. The number of ether oxygens (including phenoxy) is 4. The van der Waals surface area contributed by atoms with Gasteiger partial charge in [-0.25, -0.2) is 0 Å². The van der Waals surface area contributed by atoms with Crippen molar-refractivity contribution in [2.75, 3.05) is 53.3 Å². The SMILES string of the molecule is COCCOCCOC1(CN)CCCOC1. The van der Waals surface area contributed by atoms with Crippen LogP contribution in [0.3, 0.4) is 0 Å². The molecule has 5 nitrogen and oxygen atoms in total. The zero-order valence-electron chi connectivity index (χ0n) is 10.1. The average Bonchev–Trinajstić information content (AvgIpc) is 2.35. The highest BCUT2D eigenvalue weighted by Gasteiger charge is 2.32. The Morgan fingerprint density at radius 3 is 2.69 bits per heavy atom. The lowest BCUT2D eigenvalue weighted by Gasteiger charge is -2.35. The molecular formula is C11H23NO4. The molecule has 1 rings (SSSR count). The third-order valence-electron chi connectivity index (χ3n) is 2.73. The van der Waals surface area contributed by atoms with Gasteiger partial charge in [-0.3, -0.25) is 0 Å². The first-order chi connectivity index (χ1) is 7.83. The summed E-state index contributed by atoms with van der Waals surface area (Å²) in [4.78, 5) is 0. The molecule has 0 aliphatic carbocycles. The Balaban J connectivity index is 2.08. The highest BCUT2D eigenvalue weighted by atomic mass is 16.6. The van der Waals surface area contributed by atoms with Crippen molar-refractivity contribution in [1.82, 2.24) is 0 Å². The van der Waals surface area contributed by atoms with E-state index < -0.39 is 0 Å². The van der Waals surface area contributed by atoms with Gasteiger partial charge in [0, 0.05) is 20.3 Å². The van der Waals surface area contributed by atoms with Crippen LogP contribution in [0.4, 0.5) is 0 Å². The predicted molar refractivity (Wildman–Crippen MR) is 60.5 cm³/mol. The third kappa shape index (κ3) is 4.76. The maximum Gasteiger partial charge on any atom is 0.104 e. The van der Waals surface area contributed by atoms with E-state index in [0.717, 1.165) is 19.4 Å². The lowest BCUT2D eigenvalue weighted by molar-refractivity contribution is -0.133. The van der Waals surface area contributed by atoms with Crippen LogP contribution in [0, 0.1) is 0 Å². The highest BCUT2D eigenvalue weighted by molar-refractivity contribution is 4.84. The van der Waals surface area contributed by atoms with Crippen LogP contribution in [-0.2, 0) is 18.9 Å². The van der Waals surface area contributed by atoms with E-state index in [1.54, 1.807) is 7.11 Å². The Bertz CT molecular complexity index is 171. The molecule has 1 saturated heterocycles. The molecule has 1 heterocycles. The van der Waals surface area contributed by atoms with Gasteiger partial charge < -0.3 is 24.7 Å². The second-order valence-corrected chi connectivity index (χ2v) is 4.00. The number of rotatable bonds is 8. The fourth-order valence-electron chi connectivity index (χ4n) is 1.72. The van der Waals surface area contributed by atoms with E-state index in [9.17, 15) is 0 Å². The van der Waals surface area contributed by atoms with Crippen LogP contribution in [0.2, 0.25) is 0 Å². The van der Waals surface area contributed by atoms with Gasteiger partial charge in [-0.05, 0) is 12.8 Å². The van der Waals surface area contributed by atoms with Crippen molar-refractivity contribution in [3.8, 4) is 0 Å². The summed E-state index contributed by atoms with van der Waals surface area (Å²) < 4.78 is 21.4. The molecule has 0 amide bonds. The minimum atomic E-state index is -0.289. The fourth-order valence-corrected chi connectivity index (χ4v) is 1.72. The van der Waals surface area contributed by atoms with Crippen LogP contribution < -0.4 is 5.73 Å². The summed E-state index contributed by atoms with van der Waals surface area (Å²) in [5, 5.41) is 0. The molecular weight excluding hydrogens is 210 g/mol. The number of methoxy groups -OCH3 is 1. The summed E-state index contributed by atoms with van der Waals surface area (Å²) in [5.74, 6) is 0. The molecule has 5 heteroatoms. The van der Waals surface area contributed by atoms with E-state index >= 15 is 0 Å². The van der Waals surface area contributed by atoms with Crippen molar-refractivity contribution < 1.29 is 18.9 Å². The van der Waals surface area contributed by atoms with Crippen LogP contribution in [0.5, 0.6) is 0 Å². The van der Waals surface area contributed by atoms with Gasteiger partial charge in [0.15, 0.2) is 0 Å². The third-order valence-corrected chi connectivity index (χ3v) is 2.73. The molecule has 1 aliphatic rings. The van der Waals surface area contributed by atoms with Gasteiger partial charge in [-0.1, -0.05) is 0 Å². The van der Waals surface area contributed by atoms with Crippen molar-refractivity contribution >= 4 is 0 Å². The quantitative estimate of drug-likeness (QED) is 0.606. The lowest BCUT2D eigenvalue weighted by Crippen LogP contribution is -2.48. The van der Waals surface area contributed by atoms with Crippen LogP contribution in [0.15, 0.2) is 0 Å². The molecule has 0 aromatic heterocycles. The standard InChI is InChI=1S/C11H23NO4/c1-13-5-6-14-7-8-16-11(9-12)3-2-4-15-10-11/h2-10,12H2,1H3. The minimum absolute atomic E-state index is 0.289. The fraction of sp³-hybridized carbons (Fsp3) is 1.00. The minimum Gasteiger partial charge on any atom is -0.382 e. The van der Waals surface area contributed by atoms with Gasteiger partial charge in [-0.2, -0.15) is 0 Å². The Hall–Kier alpha value is -0.200. The van der Waals surface area contributed by atoms with Crippen molar-refractivity contribution in [2.45, 2.75) is 18.4 Å². The van der Waals surface area contributed by atoms with E-state index in [1.807, 2.05) is 0 Å². The van der Waals surface area contributed by atoms with E-state index in [0.29, 0.717) is 39.6 Å². The largest absolute Gasteiger partial charge is 0.382 e. The maximum atomic E-state index is 5.78. The molecule has 0 spiro atoms. The summed E-state index contributed by atoms with van der Waals surface area (Å²) in [6.45, 7) is 4.27. The van der Waals surface area contributed by atoms with Gasteiger partial charge in [-0.15, -0.1) is 0 Å². The first kappa shape index (κ1) is 13.9. The Labute approximate surface area is 97.2 Å². The summed E-state index contributed by atoms with van der Waals surface area (Å²) in [6, 6.07) is 0. The topological polar surface area (TPSA) is 62.9 Å². The summed E-state index contributed by atoms with van der Waals surface area (Å²) >= 11 is 0. The molecule has 1 unspecified atom stereocenters. The van der Waals surface area contributed by atoms with Crippen LogP contribution >= 0.6 is 0 Å². The molecule has 0 aromatic rings. The molecule has 1 fully saturated rings. The zero-order valence-corrected chi connectivity index (χ0v) is 10.1. The second-order valence-electron chi connectivity index (χ2n) is 4.00. The molecule has 0 bridgehead atoms. The van der Waals surface area contributed by atoms with Crippen molar-refractivity contribution in [2.24, 2.45) is 5.73 Å². The first-order valence-electron chi connectivity index (χ1n) is 5.81. The lowest BCUT2D eigenvalue weighted by atomic mass is 9.97. The second kappa shape index (κ2) is 7.97. The van der Waals surface area contributed by atoms with Crippen LogP contribution in [0.1, 0.15) is 12.8 Å². The Kier molecular flexibility index (Phi) is 6.91. The molecule has 0 aromatic carbocycles. The van der Waals surface area contributed by atoms with Crippen LogP contribution in [-0.4, -0.2) is 58.9 Å². The summed E-state index contributed by atoms with van der Waals surface area (Å²) in [5.41, 5.74) is 5.45. The zero-order chi connectivity index (χ0) is 11.7. The first-order valence-corrected chi connectivity index (χ1v) is 5.81. The number of hydrogen-bond acceptors (Lipinski definition) is 5. The van der Waals surface area contributed by atoms with Crippen molar-refractivity contribution in [3.05, 3.63) is 0 Å². The van der Waals surface area contributed by atoms with E-state index in [4.69, 9.17) is 24.7 Å². The molecule has 0 saturated carbocycles. The molecule has 0 radical (unpaired) electrons.